The van der Waals surface area contributed by atoms with Crippen LogP contribution in [-0.2, 0) is 4.79 Å². The second-order valence-electron chi connectivity index (χ2n) is 4.88. The van der Waals surface area contributed by atoms with Crippen LogP contribution in [0.1, 0.15) is 38.5 Å². The van der Waals surface area contributed by atoms with E-state index in [1.807, 2.05) is 0 Å². The summed E-state index contributed by atoms with van der Waals surface area (Å²) in [4.78, 5) is 11.5. The van der Waals surface area contributed by atoms with Crippen LogP contribution in [0.25, 0.3) is 0 Å². The molecule has 19 heavy (non-hydrogen) atoms. The monoisotopic (exact) mass is 302 g/mol. The van der Waals surface area contributed by atoms with Crippen molar-refractivity contribution in [3.05, 3.63) is 0 Å². The molecular formula is C12H22ClF3N2O. The van der Waals surface area contributed by atoms with Crippen LogP contribution in [-0.4, -0.2) is 31.7 Å². The maximum absolute atomic E-state index is 12.6. The summed E-state index contributed by atoms with van der Waals surface area (Å²) in [6, 6.07) is -0.313. The summed E-state index contributed by atoms with van der Waals surface area (Å²) in [5.41, 5.74) is 0. The fourth-order valence-corrected chi connectivity index (χ4v) is 2.34. The topological polar surface area (TPSA) is 41.1 Å². The van der Waals surface area contributed by atoms with Gasteiger partial charge in [-0.2, -0.15) is 13.2 Å². The molecule has 1 aliphatic carbocycles. The van der Waals surface area contributed by atoms with E-state index >= 15 is 0 Å². The first-order chi connectivity index (χ1) is 8.43. The Morgan fingerprint density at radius 2 is 2.00 bits per heavy atom. The first-order valence-corrected chi connectivity index (χ1v) is 6.44. The first-order valence-electron chi connectivity index (χ1n) is 6.44. The van der Waals surface area contributed by atoms with Crippen LogP contribution in [0.15, 0.2) is 0 Å². The minimum Gasteiger partial charge on any atom is -0.353 e. The van der Waals surface area contributed by atoms with Crippen molar-refractivity contribution in [2.24, 2.45) is 5.92 Å². The van der Waals surface area contributed by atoms with Gasteiger partial charge in [-0.15, -0.1) is 12.4 Å². The Kier molecular flexibility index (Phi) is 8.41. The van der Waals surface area contributed by atoms with Crippen LogP contribution >= 0.6 is 12.4 Å². The Hall–Kier alpha value is -0.490. The van der Waals surface area contributed by atoms with Gasteiger partial charge in [0.25, 0.3) is 0 Å². The fraction of sp³-hybridized carbons (Fsp3) is 0.917. The number of carbonyl (C=O) groups is 1. The molecule has 0 bridgehead atoms. The number of hydrogen-bond acceptors (Lipinski definition) is 2. The lowest BCUT2D eigenvalue weighted by Crippen LogP contribution is -2.41. The van der Waals surface area contributed by atoms with Gasteiger partial charge in [-0.05, 0) is 39.3 Å². The molecular weight excluding hydrogens is 281 g/mol. The third-order valence-corrected chi connectivity index (χ3v) is 3.33. The molecule has 0 heterocycles. The molecule has 7 heteroatoms. The van der Waals surface area contributed by atoms with Crippen LogP contribution in [0.2, 0.25) is 0 Å². The molecule has 1 aliphatic rings. The van der Waals surface area contributed by atoms with Gasteiger partial charge in [-0.1, -0.05) is 6.42 Å². The molecule has 0 aliphatic heterocycles. The normalized spacial score (nSPS) is 23.6. The van der Waals surface area contributed by atoms with Crippen molar-refractivity contribution < 1.29 is 18.0 Å². The highest BCUT2D eigenvalue weighted by Crippen LogP contribution is 2.37. The van der Waals surface area contributed by atoms with Gasteiger partial charge < -0.3 is 10.6 Å². The molecule has 0 aromatic heterocycles. The maximum Gasteiger partial charge on any atom is 0.391 e. The Morgan fingerprint density at radius 1 is 1.32 bits per heavy atom. The van der Waals surface area contributed by atoms with E-state index < -0.39 is 12.1 Å². The number of rotatable bonds is 5. The van der Waals surface area contributed by atoms with Crippen LogP contribution in [0.5, 0.6) is 0 Å². The highest BCUT2D eigenvalue weighted by atomic mass is 35.5. The molecule has 2 unspecified atom stereocenters. The lowest BCUT2D eigenvalue weighted by molar-refractivity contribution is -0.184. The van der Waals surface area contributed by atoms with Crippen molar-refractivity contribution in [1.29, 1.82) is 0 Å². The molecule has 0 aromatic rings. The molecule has 0 radical (unpaired) electrons. The molecule has 1 fully saturated rings. The maximum atomic E-state index is 12.6. The summed E-state index contributed by atoms with van der Waals surface area (Å²) < 4.78 is 37.7. The average molecular weight is 303 g/mol. The number of carbonyl (C=O) groups excluding carboxylic acids is 1. The van der Waals surface area contributed by atoms with E-state index in [4.69, 9.17) is 0 Å². The van der Waals surface area contributed by atoms with Gasteiger partial charge in [-0.3, -0.25) is 4.79 Å². The van der Waals surface area contributed by atoms with Crippen molar-refractivity contribution in [3.63, 3.8) is 0 Å². The minimum absolute atomic E-state index is 0. The summed E-state index contributed by atoms with van der Waals surface area (Å²) in [5.74, 6) is -1.40. The Balaban J connectivity index is 0.00000324. The smallest absolute Gasteiger partial charge is 0.353 e. The van der Waals surface area contributed by atoms with Gasteiger partial charge in [0.15, 0.2) is 0 Å². The Morgan fingerprint density at radius 3 is 2.58 bits per heavy atom. The third kappa shape index (κ3) is 7.01. The molecule has 2 atom stereocenters. The highest BCUT2D eigenvalue weighted by molar-refractivity contribution is 5.85. The zero-order valence-electron chi connectivity index (χ0n) is 11.1. The molecule has 1 rings (SSSR count). The predicted molar refractivity (Wildman–Crippen MR) is 70.4 cm³/mol. The molecule has 114 valence electrons. The number of alkyl halides is 3. The van der Waals surface area contributed by atoms with Crippen molar-refractivity contribution in [2.75, 3.05) is 13.6 Å². The molecule has 0 spiro atoms. The molecule has 1 saturated carbocycles. The molecule has 1 amide bonds. The number of amides is 1. The lowest BCUT2D eigenvalue weighted by Gasteiger charge is -2.31. The summed E-state index contributed by atoms with van der Waals surface area (Å²) in [7, 11) is 1.80. The quantitative estimate of drug-likeness (QED) is 0.767. The number of hydrogen-bond donors (Lipinski definition) is 2. The number of nitrogens with one attached hydrogen (secondary N) is 2. The van der Waals surface area contributed by atoms with Crippen LogP contribution < -0.4 is 10.6 Å². The molecule has 2 N–H and O–H groups in total. The molecule has 3 nitrogen and oxygen atoms in total. The van der Waals surface area contributed by atoms with E-state index in [1.165, 1.54) is 0 Å². The fourth-order valence-electron chi connectivity index (χ4n) is 2.34. The second-order valence-corrected chi connectivity index (χ2v) is 4.88. The van der Waals surface area contributed by atoms with Crippen LogP contribution in [0, 0.1) is 5.92 Å². The SMILES string of the molecule is CNCCCC(=O)NC1CCCC(C(F)(F)F)C1.Cl. The third-order valence-electron chi connectivity index (χ3n) is 3.33. The zero-order valence-corrected chi connectivity index (χ0v) is 11.9. The van der Waals surface area contributed by atoms with Crippen molar-refractivity contribution in [3.8, 4) is 0 Å². The standard InChI is InChI=1S/C12H21F3N2O.ClH/c1-16-7-3-6-11(18)17-10-5-2-4-9(8-10)12(13,14)15;/h9-10,16H,2-8H2,1H3,(H,17,18);1H. The average Bonchev–Trinajstić information content (AvgIpc) is 2.28. The van der Waals surface area contributed by atoms with E-state index in [2.05, 4.69) is 10.6 Å². The van der Waals surface area contributed by atoms with Gasteiger partial charge in [0.2, 0.25) is 5.91 Å². The molecule has 0 aromatic carbocycles. The van der Waals surface area contributed by atoms with Gasteiger partial charge in [-0.25, -0.2) is 0 Å². The molecule has 0 saturated heterocycles. The van der Waals surface area contributed by atoms with Gasteiger partial charge in [0.1, 0.15) is 0 Å². The van der Waals surface area contributed by atoms with E-state index in [1.54, 1.807) is 7.05 Å². The predicted octanol–water partition coefficient (Wildman–Crippen LogP) is 2.65. The summed E-state index contributed by atoms with van der Waals surface area (Å²) >= 11 is 0. The summed E-state index contributed by atoms with van der Waals surface area (Å²) in [5, 5.41) is 5.64. The Bertz CT molecular complexity index is 274. The van der Waals surface area contributed by atoms with Crippen molar-refractivity contribution >= 4 is 18.3 Å². The van der Waals surface area contributed by atoms with Gasteiger partial charge in [0.05, 0.1) is 5.92 Å². The largest absolute Gasteiger partial charge is 0.391 e. The highest BCUT2D eigenvalue weighted by Gasteiger charge is 2.42. The lowest BCUT2D eigenvalue weighted by atomic mass is 9.85. The second kappa shape index (κ2) is 8.64. The van der Waals surface area contributed by atoms with E-state index in [-0.39, 0.29) is 37.2 Å². The Labute approximate surface area is 118 Å². The van der Waals surface area contributed by atoms with E-state index in [0.29, 0.717) is 25.7 Å². The van der Waals surface area contributed by atoms with E-state index in [9.17, 15) is 18.0 Å². The van der Waals surface area contributed by atoms with Crippen molar-refractivity contribution in [1.82, 2.24) is 10.6 Å². The van der Waals surface area contributed by atoms with Crippen molar-refractivity contribution in [2.45, 2.75) is 50.7 Å². The van der Waals surface area contributed by atoms with Gasteiger partial charge >= 0.3 is 6.18 Å². The minimum atomic E-state index is -4.13. The van der Waals surface area contributed by atoms with Gasteiger partial charge in [0, 0.05) is 12.5 Å². The van der Waals surface area contributed by atoms with E-state index in [0.717, 1.165) is 6.54 Å². The zero-order chi connectivity index (χ0) is 13.6. The first kappa shape index (κ1) is 18.5. The summed E-state index contributed by atoms with van der Waals surface area (Å²) in [6.45, 7) is 0.739. The summed E-state index contributed by atoms with van der Waals surface area (Å²) in [6.07, 6.45) is -1.64. The van der Waals surface area contributed by atoms with Crippen LogP contribution in [0.4, 0.5) is 13.2 Å². The van der Waals surface area contributed by atoms with Crippen LogP contribution in [0.3, 0.4) is 0 Å². The number of halogens is 4.